The first-order valence-corrected chi connectivity index (χ1v) is 8.43. The van der Waals surface area contributed by atoms with Crippen LogP contribution in [-0.4, -0.2) is 32.9 Å². The number of rotatable bonds is 9. The van der Waals surface area contributed by atoms with Gasteiger partial charge in [0.25, 0.3) is 10.2 Å². The molecule has 0 aliphatic heterocycles. The predicted octanol–water partition coefficient (Wildman–Crippen LogP) is 1.64. The van der Waals surface area contributed by atoms with Crippen molar-refractivity contribution in [3.63, 3.8) is 0 Å². The van der Waals surface area contributed by atoms with E-state index in [2.05, 4.69) is 4.72 Å². The Labute approximate surface area is 122 Å². The Balaban J connectivity index is 2.39. The molecule has 1 aromatic rings. The number of nitrogens with two attached hydrogens (primary N) is 1. The molecular weight excluding hydrogens is 274 g/mol. The Morgan fingerprint density at radius 2 is 1.95 bits per heavy atom. The van der Waals surface area contributed by atoms with Crippen LogP contribution in [0.5, 0.6) is 0 Å². The van der Waals surface area contributed by atoms with Crippen LogP contribution in [0.3, 0.4) is 0 Å². The quantitative estimate of drug-likeness (QED) is 0.728. The second kappa shape index (κ2) is 8.36. The summed E-state index contributed by atoms with van der Waals surface area (Å²) >= 11 is 0. The first kappa shape index (κ1) is 17.1. The van der Waals surface area contributed by atoms with Crippen molar-refractivity contribution in [2.24, 2.45) is 5.73 Å². The molecule has 0 amide bonds. The summed E-state index contributed by atoms with van der Waals surface area (Å²) in [5, 5.41) is 0. The van der Waals surface area contributed by atoms with Gasteiger partial charge in [-0.1, -0.05) is 43.7 Å². The van der Waals surface area contributed by atoms with Gasteiger partial charge in [-0.25, -0.2) is 4.72 Å². The number of hydrogen-bond acceptors (Lipinski definition) is 3. The minimum Gasteiger partial charge on any atom is -0.324 e. The summed E-state index contributed by atoms with van der Waals surface area (Å²) in [6.45, 7) is 2.91. The van der Waals surface area contributed by atoms with Gasteiger partial charge in [-0.05, 0) is 18.4 Å². The molecular formula is C14H25N3O2S. The van der Waals surface area contributed by atoms with Crippen molar-refractivity contribution < 1.29 is 8.42 Å². The second-order valence-corrected chi connectivity index (χ2v) is 6.74. The standard InChI is InChI=1S/C14H25N3O2S/c1-3-4-12-17(2)20(18,19)16-11-10-14(15)13-8-6-5-7-9-13/h5-9,14,16H,3-4,10-12,15H2,1-2H3. The molecule has 1 rings (SSSR count). The Morgan fingerprint density at radius 1 is 1.30 bits per heavy atom. The molecule has 0 aliphatic rings. The van der Waals surface area contributed by atoms with Crippen molar-refractivity contribution in [1.82, 2.24) is 9.03 Å². The van der Waals surface area contributed by atoms with Crippen molar-refractivity contribution in [3.05, 3.63) is 35.9 Å². The summed E-state index contributed by atoms with van der Waals surface area (Å²) in [7, 11) is -1.79. The summed E-state index contributed by atoms with van der Waals surface area (Å²) < 4.78 is 27.8. The third-order valence-electron chi connectivity index (χ3n) is 3.20. The van der Waals surface area contributed by atoms with E-state index in [-0.39, 0.29) is 6.04 Å². The van der Waals surface area contributed by atoms with Gasteiger partial charge in [0.05, 0.1) is 0 Å². The zero-order valence-corrected chi connectivity index (χ0v) is 13.1. The van der Waals surface area contributed by atoms with E-state index in [1.807, 2.05) is 37.3 Å². The Bertz CT molecular complexity index is 476. The van der Waals surface area contributed by atoms with E-state index in [1.54, 1.807) is 7.05 Å². The number of nitrogens with zero attached hydrogens (tertiary/aromatic N) is 1. The molecule has 0 aliphatic carbocycles. The number of nitrogens with one attached hydrogen (secondary N) is 1. The Hall–Kier alpha value is -0.950. The van der Waals surface area contributed by atoms with Gasteiger partial charge in [0.2, 0.25) is 0 Å². The molecule has 5 nitrogen and oxygen atoms in total. The zero-order chi connectivity index (χ0) is 15.0. The van der Waals surface area contributed by atoms with Crippen LogP contribution in [0.15, 0.2) is 30.3 Å². The van der Waals surface area contributed by atoms with E-state index in [1.165, 1.54) is 4.31 Å². The van der Waals surface area contributed by atoms with Crippen molar-refractivity contribution >= 4 is 10.2 Å². The van der Waals surface area contributed by atoms with Crippen LogP contribution in [0.25, 0.3) is 0 Å². The van der Waals surface area contributed by atoms with E-state index < -0.39 is 10.2 Å². The van der Waals surface area contributed by atoms with E-state index >= 15 is 0 Å². The molecule has 20 heavy (non-hydrogen) atoms. The average Bonchev–Trinajstić information content (AvgIpc) is 2.45. The molecule has 0 fully saturated rings. The van der Waals surface area contributed by atoms with Crippen LogP contribution in [0, 0.1) is 0 Å². The number of benzene rings is 1. The van der Waals surface area contributed by atoms with Crippen molar-refractivity contribution in [2.45, 2.75) is 32.2 Å². The minimum atomic E-state index is -3.38. The zero-order valence-electron chi connectivity index (χ0n) is 12.2. The molecule has 0 spiro atoms. The molecule has 0 bridgehead atoms. The fourth-order valence-electron chi connectivity index (χ4n) is 1.82. The molecule has 1 unspecified atom stereocenters. The van der Waals surface area contributed by atoms with Crippen LogP contribution in [0.2, 0.25) is 0 Å². The average molecular weight is 299 g/mol. The van der Waals surface area contributed by atoms with Gasteiger partial charge in [-0.15, -0.1) is 0 Å². The monoisotopic (exact) mass is 299 g/mol. The summed E-state index contributed by atoms with van der Waals surface area (Å²) in [6.07, 6.45) is 2.41. The molecule has 0 radical (unpaired) electrons. The Kier molecular flexibility index (Phi) is 7.15. The van der Waals surface area contributed by atoms with E-state index in [0.717, 1.165) is 18.4 Å². The highest BCUT2D eigenvalue weighted by molar-refractivity contribution is 7.87. The van der Waals surface area contributed by atoms with Crippen LogP contribution in [0.4, 0.5) is 0 Å². The third-order valence-corrected chi connectivity index (χ3v) is 4.78. The molecule has 0 saturated carbocycles. The van der Waals surface area contributed by atoms with E-state index in [0.29, 0.717) is 19.5 Å². The second-order valence-electron chi connectivity index (χ2n) is 4.88. The highest BCUT2D eigenvalue weighted by atomic mass is 32.2. The SMILES string of the molecule is CCCCN(C)S(=O)(=O)NCCC(N)c1ccccc1. The maximum Gasteiger partial charge on any atom is 0.279 e. The van der Waals surface area contributed by atoms with Crippen LogP contribution in [-0.2, 0) is 10.2 Å². The predicted molar refractivity (Wildman–Crippen MR) is 82.4 cm³/mol. The van der Waals surface area contributed by atoms with Crippen molar-refractivity contribution in [2.75, 3.05) is 20.1 Å². The lowest BCUT2D eigenvalue weighted by molar-refractivity contribution is 0.446. The van der Waals surface area contributed by atoms with Gasteiger partial charge in [-0.2, -0.15) is 12.7 Å². The molecule has 1 atom stereocenters. The van der Waals surface area contributed by atoms with Crippen LogP contribution >= 0.6 is 0 Å². The first-order chi connectivity index (χ1) is 9.47. The van der Waals surface area contributed by atoms with Gasteiger partial charge in [0.1, 0.15) is 0 Å². The van der Waals surface area contributed by atoms with Gasteiger partial charge in [0, 0.05) is 26.2 Å². The van der Waals surface area contributed by atoms with Gasteiger partial charge in [0.15, 0.2) is 0 Å². The third kappa shape index (κ3) is 5.58. The summed E-state index contributed by atoms with van der Waals surface area (Å²) in [4.78, 5) is 0. The van der Waals surface area contributed by atoms with Crippen molar-refractivity contribution in [3.8, 4) is 0 Å². The lowest BCUT2D eigenvalue weighted by atomic mass is 10.1. The van der Waals surface area contributed by atoms with Gasteiger partial charge < -0.3 is 5.73 Å². The summed E-state index contributed by atoms with van der Waals surface area (Å²) in [6, 6.07) is 9.54. The molecule has 0 heterocycles. The van der Waals surface area contributed by atoms with Crippen molar-refractivity contribution in [1.29, 1.82) is 0 Å². The normalized spacial score (nSPS) is 13.6. The van der Waals surface area contributed by atoms with Gasteiger partial charge >= 0.3 is 0 Å². The van der Waals surface area contributed by atoms with E-state index in [4.69, 9.17) is 5.73 Å². The topological polar surface area (TPSA) is 75.4 Å². The van der Waals surface area contributed by atoms with E-state index in [9.17, 15) is 8.42 Å². The minimum absolute atomic E-state index is 0.153. The largest absolute Gasteiger partial charge is 0.324 e. The Morgan fingerprint density at radius 3 is 2.55 bits per heavy atom. The maximum atomic E-state index is 11.9. The first-order valence-electron chi connectivity index (χ1n) is 6.99. The summed E-state index contributed by atoms with van der Waals surface area (Å²) in [5.41, 5.74) is 7.05. The fraction of sp³-hybridized carbons (Fsp3) is 0.571. The molecule has 3 N–H and O–H groups in total. The highest BCUT2D eigenvalue weighted by Crippen LogP contribution is 2.12. The highest BCUT2D eigenvalue weighted by Gasteiger charge is 2.16. The van der Waals surface area contributed by atoms with Crippen LogP contribution < -0.4 is 10.5 Å². The van der Waals surface area contributed by atoms with Crippen LogP contribution in [0.1, 0.15) is 37.8 Å². The number of hydrogen-bond donors (Lipinski definition) is 2. The summed E-state index contributed by atoms with van der Waals surface area (Å²) in [5.74, 6) is 0. The molecule has 6 heteroatoms. The fourth-order valence-corrected chi connectivity index (χ4v) is 2.79. The molecule has 114 valence electrons. The van der Waals surface area contributed by atoms with Gasteiger partial charge in [-0.3, -0.25) is 0 Å². The molecule has 0 aromatic heterocycles. The molecule has 0 saturated heterocycles. The number of unbranched alkanes of at least 4 members (excludes halogenated alkanes) is 1. The lowest BCUT2D eigenvalue weighted by Gasteiger charge is -2.18. The maximum absolute atomic E-state index is 11.9. The smallest absolute Gasteiger partial charge is 0.279 e. The molecule has 1 aromatic carbocycles. The lowest BCUT2D eigenvalue weighted by Crippen LogP contribution is -2.39.